The van der Waals surface area contributed by atoms with E-state index in [9.17, 15) is 23.6 Å². The first-order valence-electron chi connectivity index (χ1n) is 11.8. The van der Waals surface area contributed by atoms with Gasteiger partial charge in [0.15, 0.2) is 0 Å². The third-order valence-corrected chi connectivity index (χ3v) is 8.77. The molecule has 8 nitrogen and oxygen atoms in total. The number of nitrogens with zero attached hydrogens (tertiary/aromatic N) is 3. The molecule has 35 heavy (non-hydrogen) atoms. The van der Waals surface area contributed by atoms with Crippen molar-refractivity contribution in [2.24, 2.45) is 11.8 Å². The van der Waals surface area contributed by atoms with Gasteiger partial charge in [-0.2, -0.15) is 9.57 Å². The van der Waals surface area contributed by atoms with Crippen molar-refractivity contribution in [1.29, 1.82) is 5.26 Å². The maximum absolute atomic E-state index is 13.6. The zero-order valence-corrected chi connectivity index (χ0v) is 21.0. The van der Waals surface area contributed by atoms with Crippen LogP contribution in [0.4, 0.5) is 0 Å². The number of benzene rings is 2. The molecule has 2 aromatic carbocycles. The number of aliphatic hydroxyl groups is 1. The molecule has 3 atom stereocenters. The third-order valence-electron chi connectivity index (χ3n) is 6.75. The normalized spacial score (nSPS) is 22.6. The summed E-state index contributed by atoms with van der Waals surface area (Å²) in [4.78, 5) is 14.3. The average Bonchev–Trinajstić information content (AvgIpc) is 3.70. The van der Waals surface area contributed by atoms with Gasteiger partial charge < -0.3 is 14.7 Å². The molecular formula is C26H31N3O5S. The molecule has 1 amide bonds. The lowest BCUT2D eigenvalue weighted by atomic mass is 10.0. The largest absolute Gasteiger partial charge is 0.487 e. The third kappa shape index (κ3) is 5.20. The number of hydrogen-bond donors (Lipinski definition) is 1. The predicted octanol–water partition coefficient (Wildman–Crippen LogP) is 2.86. The smallest absolute Gasteiger partial charge is 0.247 e. The van der Waals surface area contributed by atoms with E-state index < -0.39 is 22.2 Å². The Balaban J connectivity index is 1.78. The molecule has 9 heteroatoms. The molecule has 1 aliphatic heterocycles. The van der Waals surface area contributed by atoms with E-state index >= 15 is 0 Å². The van der Waals surface area contributed by atoms with Gasteiger partial charge in [0.1, 0.15) is 16.7 Å². The Morgan fingerprint density at radius 3 is 2.63 bits per heavy atom. The lowest BCUT2D eigenvalue weighted by Gasteiger charge is -2.37. The number of sulfonamides is 1. The molecule has 2 aromatic rings. The Labute approximate surface area is 206 Å². The average molecular weight is 498 g/mol. The van der Waals surface area contributed by atoms with Gasteiger partial charge in [-0.15, -0.1) is 0 Å². The summed E-state index contributed by atoms with van der Waals surface area (Å²) in [6, 6.07) is 13.5. The van der Waals surface area contributed by atoms with Crippen molar-refractivity contribution in [2.75, 3.05) is 26.7 Å². The van der Waals surface area contributed by atoms with Gasteiger partial charge in [-0.3, -0.25) is 4.79 Å². The number of carbonyl (C=O) groups excluding carboxylic acids is 1. The summed E-state index contributed by atoms with van der Waals surface area (Å²) in [6.45, 7) is 3.74. The first-order valence-corrected chi connectivity index (χ1v) is 13.3. The fourth-order valence-corrected chi connectivity index (χ4v) is 6.22. The minimum absolute atomic E-state index is 0.0195. The molecule has 0 radical (unpaired) electrons. The van der Waals surface area contributed by atoms with Crippen LogP contribution >= 0.6 is 0 Å². The highest BCUT2D eigenvalue weighted by molar-refractivity contribution is 7.89. The highest BCUT2D eigenvalue weighted by Crippen LogP contribution is 2.37. The van der Waals surface area contributed by atoms with E-state index in [4.69, 9.17) is 4.74 Å². The zero-order valence-electron chi connectivity index (χ0n) is 20.2. The van der Waals surface area contributed by atoms with Crippen LogP contribution in [0.2, 0.25) is 0 Å². The van der Waals surface area contributed by atoms with E-state index in [1.54, 1.807) is 49.2 Å². The van der Waals surface area contributed by atoms with E-state index in [2.05, 4.69) is 6.07 Å². The van der Waals surface area contributed by atoms with Crippen LogP contribution in [-0.4, -0.2) is 67.5 Å². The second-order valence-corrected chi connectivity index (χ2v) is 11.4. The van der Waals surface area contributed by atoms with Crippen molar-refractivity contribution in [3.05, 3.63) is 48.0 Å². The molecular weight excluding hydrogens is 466 g/mol. The van der Waals surface area contributed by atoms with Crippen LogP contribution in [0.25, 0.3) is 11.1 Å². The van der Waals surface area contributed by atoms with E-state index in [0.717, 1.165) is 18.4 Å². The highest BCUT2D eigenvalue weighted by atomic mass is 32.2. The van der Waals surface area contributed by atoms with Crippen LogP contribution in [0.5, 0.6) is 5.75 Å². The van der Waals surface area contributed by atoms with Gasteiger partial charge in [0, 0.05) is 31.5 Å². The summed E-state index contributed by atoms with van der Waals surface area (Å²) in [5, 5.41) is 19.1. The van der Waals surface area contributed by atoms with Gasteiger partial charge in [0.2, 0.25) is 15.9 Å². The van der Waals surface area contributed by atoms with Crippen LogP contribution < -0.4 is 4.74 Å². The molecule has 1 N–H and O–H groups in total. The maximum atomic E-state index is 13.6. The van der Waals surface area contributed by atoms with Crippen LogP contribution in [0.1, 0.15) is 32.3 Å². The molecule has 4 rings (SSSR count). The number of carbonyl (C=O) groups is 1. The van der Waals surface area contributed by atoms with Crippen molar-refractivity contribution in [3.63, 3.8) is 0 Å². The molecule has 186 valence electrons. The van der Waals surface area contributed by atoms with Gasteiger partial charge in [-0.25, -0.2) is 8.42 Å². The van der Waals surface area contributed by atoms with Gasteiger partial charge >= 0.3 is 0 Å². The number of rotatable bonds is 6. The van der Waals surface area contributed by atoms with Crippen LogP contribution in [-0.2, 0) is 14.8 Å². The lowest BCUT2D eigenvalue weighted by molar-refractivity contribution is -0.132. The van der Waals surface area contributed by atoms with E-state index in [0.29, 0.717) is 17.7 Å². The van der Waals surface area contributed by atoms with Gasteiger partial charge in [-0.1, -0.05) is 25.1 Å². The topological polar surface area (TPSA) is 111 Å². The Hall–Kier alpha value is -2.93. The zero-order chi connectivity index (χ0) is 25.3. The van der Waals surface area contributed by atoms with Crippen LogP contribution in [0.3, 0.4) is 0 Å². The number of aliphatic hydroxyl groups excluding tert-OH is 1. The maximum Gasteiger partial charge on any atom is 0.247 e. The summed E-state index contributed by atoms with van der Waals surface area (Å²) in [5.74, 6) is 0.107. The summed E-state index contributed by atoms with van der Waals surface area (Å²) in [7, 11) is -2.20. The Morgan fingerprint density at radius 2 is 1.97 bits per heavy atom. The molecule has 1 fully saturated rings. The number of ether oxygens (including phenoxy) is 1. The minimum Gasteiger partial charge on any atom is -0.487 e. The van der Waals surface area contributed by atoms with E-state index in [1.807, 2.05) is 13.0 Å². The fourth-order valence-electron chi connectivity index (χ4n) is 4.39. The van der Waals surface area contributed by atoms with Crippen LogP contribution in [0, 0.1) is 23.2 Å². The first kappa shape index (κ1) is 25.2. The Morgan fingerprint density at radius 1 is 1.26 bits per heavy atom. The van der Waals surface area contributed by atoms with E-state index in [1.165, 1.54) is 10.4 Å². The standard InChI is InChI=1S/C26H31N3O5S/c1-17-14-29(18(2)16-30)35(32,33)25-10-9-22(21-6-4-5-19(11-21)13-27)12-23(25)34-24(17)15-28(3)26(31)20-7-8-20/h4-6,9-12,17-18,20,24,30H,7-8,14-16H2,1-3H3/t17-,18+,24-/m1/s1. The second kappa shape index (κ2) is 9.97. The number of amides is 1. The summed E-state index contributed by atoms with van der Waals surface area (Å²) >= 11 is 0. The Bertz CT molecular complexity index is 1250. The first-order chi connectivity index (χ1) is 16.6. The molecule has 0 saturated heterocycles. The molecule has 1 aliphatic carbocycles. The highest BCUT2D eigenvalue weighted by Gasteiger charge is 2.39. The van der Waals surface area contributed by atoms with Crippen molar-refractivity contribution in [3.8, 4) is 22.9 Å². The van der Waals surface area contributed by atoms with Gasteiger partial charge in [0.25, 0.3) is 0 Å². The molecule has 2 aliphatic rings. The van der Waals surface area contributed by atoms with Crippen LogP contribution in [0.15, 0.2) is 47.4 Å². The van der Waals surface area contributed by atoms with Gasteiger partial charge in [0.05, 0.1) is 24.8 Å². The van der Waals surface area contributed by atoms with Crippen molar-refractivity contribution in [2.45, 2.75) is 43.7 Å². The molecule has 1 heterocycles. The molecule has 1 saturated carbocycles. The predicted molar refractivity (Wildman–Crippen MR) is 131 cm³/mol. The number of likely N-dealkylation sites (N-methyl/N-ethyl adjacent to an activating group) is 1. The number of hydrogen-bond acceptors (Lipinski definition) is 6. The fraction of sp³-hybridized carbons (Fsp3) is 0.462. The van der Waals surface area contributed by atoms with E-state index in [-0.39, 0.29) is 41.5 Å². The SMILES string of the molecule is C[C@@H]1CN([C@@H](C)CO)S(=O)(=O)c2ccc(-c3cccc(C#N)c3)cc2O[C@@H]1CN(C)C(=O)C1CC1. The molecule has 0 bridgehead atoms. The van der Waals surface area contributed by atoms with Gasteiger partial charge in [-0.05, 0) is 55.2 Å². The van der Waals surface area contributed by atoms with Crippen molar-refractivity contribution >= 4 is 15.9 Å². The van der Waals surface area contributed by atoms with Crippen molar-refractivity contribution < 1.29 is 23.1 Å². The molecule has 0 spiro atoms. The quantitative estimate of drug-likeness (QED) is 0.657. The summed E-state index contributed by atoms with van der Waals surface area (Å²) in [5.41, 5.74) is 1.98. The molecule has 0 unspecified atom stereocenters. The lowest BCUT2D eigenvalue weighted by Crippen LogP contribution is -2.50. The monoisotopic (exact) mass is 497 g/mol. The number of nitriles is 1. The minimum atomic E-state index is -3.95. The molecule has 0 aromatic heterocycles. The summed E-state index contributed by atoms with van der Waals surface area (Å²) in [6.07, 6.45) is 1.35. The number of fused-ring (bicyclic) bond motifs is 1. The summed E-state index contributed by atoms with van der Waals surface area (Å²) < 4.78 is 34.9. The van der Waals surface area contributed by atoms with Crippen molar-refractivity contribution in [1.82, 2.24) is 9.21 Å². The second-order valence-electron chi connectivity index (χ2n) is 9.59. The Kier molecular flexibility index (Phi) is 7.17.